The average Bonchev–Trinajstić information content (AvgIpc) is 2.89. The second kappa shape index (κ2) is 8.30. The molecule has 1 fully saturated rings. The molecule has 9 heteroatoms. The zero-order chi connectivity index (χ0) is 15.9. The Morgan fingerprint density at radius 1 is 1.24 bits per heavy atom. The van der Waals surface area contributed by atoms with Crippen molar-refractivity contribution in [2.75, 3.05) is 26.3 Å². The molecule has 21 heavy (non-hydrogen) atoms. The van der Waals surface area contributed by atoms with Gasteiger partial charge in [-0.15, -0.1) is 0 Å². The molecule has 0 spiro atoms. The summed E-state index contributed by atoms with van der Waals surface area (Å²) in [4.78, 5) is 22.9. The second-order valence-corrected chi connectivity index (χ2v) is 6.18. The van der Waals surface area contributed by atoms with Crippen molar-refractivity contribution in [3.05, 3.63) is 0 Å². The maximum absolute atomic E-state index is 12.1. The van der Waals surface area contributed by atoms with E-state index in [4.69, 9.17) is 9.47 Å². The highest BCUT2D eigenvalue weighted by Gasteiger charge is 2.39. The van der Waals surface area contributed by atoms with Crippen LogP contribution in [0.2, 0.25) is 0 Å². The number of ether oxygens (including phenoxy) is 2. The Bertz CT molecular complexity index is 464. The van der Waals surface area contributed by atoms with Crippen LogP contribution in [0, 0.1) is 0 Å². The Morgan fingerprint density at radius 3 is 2.52 bits per heavy atom. The Kier molecular flexibility index (Phi) is 7.06. The van der Waals surface area contributed by atoms with Crippen molar-refractivity contribution in [2.45, 2.75) is 39.2 Å². The van der Waals surface area contributed by atoms with Gasteiger partial charge in [-0.05, 0) is 26.7 Å². The van der Waals surface area contributed by atoms with Gasteiger partial charge in [0.05, 0.1) is 19.6 Å². The molecule has 0 amide bonds. The third kappa shape index (κ3) is 5.25. The number of rotatable bonds is 8. The molecule has 0 saturated carbocycles. The molecule has 0 aromatic heterocycles. The molecule has 1 atom stereocenters. The zero-order valence-electron chi connectivity index (χ0n) is 12.3. The summed E-state index contributed by atoms with van der Waals surface area (Å²) in [6.07, 6.45) is 0.991. The van der Waals surface area contributed by atoms with Gasteiger partial charge < -0.3 is 9.47 Å². The molecule has 1 rings (SSSR count). The smallest absolute Gasteiger partial charge is 0.324 e. The third-order valence-corrected chi connectivity index (χ3v) is 4.61. The van der Waals surface area contributed by atoms with Crippen LogP contribution in [0.4, 0.5) is 0 Å². The van der Waals surface area contributed by atoms with Gasteiger partial charge >= 0.3 is 11.9 Å². The molecule has 1 saturated heterocycles. The standard InChI is InChI=1S/C12H22N2O6S/c1-3-19-11(15)7-8-13-21(17,18)14-9-5-6-10(14)12(16)20-4-2/h10,13H,3-9H2,1-2H3. The van der Waals surface area contributed by atoms with E-state index in [1.54, 1.807) is 13.8 Å². The van der Waals surface area contributed by atoms with Crippen molar-refractivity contribution < 1.29 is 27.5 Å². The molecule has 1 heterocycles. The minimum atomic E-state index is -3.81. The van der Waals surface area contributed by atoms with Crippen LogP contribution in [-0.4, -0.2) is 57.0 Å². The van der Waals surface area contributed by atoms with Gasteiger partial charge in [0, 0.05) is 13.1 Å². The molecule has 0 aliphatic carbocycles. The summed E-state index contributed by atoms with van der Waals surface area (Å²) >= 11 is 0. The van der Waals surface area contributed by atoms with E-state index >= 15 is 0 Å². The number of nitrogens with zero attached hydrogens (tertiary/aromatic N) is 1. The molecule has 122 valence electrons. The van der Waals surface area contributed by atoms with E-state index in [0.29, 0.717) is 12.8 Å². The summed E-state index contributed by atoms with van der Waals surface area (Å²) < 4.78 is 37.3. The van der Waals surface area contributed by atoms with Crippen LogP contribution in [0.3, 0.4) is 0 Å². The summed E-state index contributed by atoms with van der Waals surface area (Å²) in [5, 5.41) is 0. The predicted octanol–water partition coefficient (Wildman–Crippen LogP) is -0.198. The molecular formula is C12H22N2O6S. The first kappa shape index (κ1) is 17.9. The van der Waals surface area contributed by atoms with Crippen molar-refractivity contribution in [1.29, 1.82) is 0 Å². The maximum Gasteiger partial charge on any atom is 0.324 e. The molecule has 8 nitrogen and oxygen atoms in total. The van der Waals surface area contributed by atoms with Crippen LogP contribution < -0.4 is 4.72 Å². The van der Waals surface area contributed by atoms with Crippen LogP contribution >= 0.6 is 0 Å². The van der Waals surface area contributed by atoms with Gasteiger partial charge in [0.15, 0.2) is 0 Å². The summed E-state index contributed by atoms with van der Waals surface area (Å²) in [7, 11) is -3.81. The molecular weight excluding hydrogens is 300 g/mol. The Hall–Kier alpha value is -1.19. The summed E-state index contributed by atoms with van der Waals surface area (Å²) in [5.74, 6) is -1.01. The highest BCUT2D eigenvalue weighted by atomic mass is 32.2. The number of hydrogen-bond acceptors (Lipinski definition) is 6. The van der Waals surface area contributed by atoms with Gasteiger partial charge in [0.2, 0.25) is 0 Å². The van der Waals surface area contributed by atoms with Crippen molar-refractivity contribution in [2.24, 2.45) is 0 Å². The minimum absolute atomic E-state index is 0.0506. The minimum Gasteiger partial charge on any atom is -0.466 e. The first-order valence-corrected chi connectivity index (χ1v) is 8.45. The normalized spacial score (nSPS) is 19.4. The first-order chi connectivity index (χ1) is 9.92. The SMILES string of the molecule is CCOC(=O)CCNS(=O)(=O)N1CCCC1C(=O)OCC. The van der Waals surface area contributed by atoms with Gasteiger partial charge in [0.25, 0.3) is 10.2 Å². The number of hydrogen-bond donors (Lipinski definition) is 1. The fraction of sp³-hybridized carbons (Fsp3) is 0.833. The molecule has 1 aliphatic rings. The Labute approximate surface area is 125 Å². The second-order valence-electron chi connectivity index (χ2n) is 4.48. The van der Waals surface area contributed by atoms with Crippen LogP contribution in [0.15, 0.2) is 0 Å². The average molecular weight is 322 g/mol. The van der Waals surface area contributed by atoms with Crippen molar-refractivity contribution in [1.82, 2.24) is 9.03 Å². The van der Waals surface area contributed by atoms with Crippen LogP contribution in [-0.2, 0) is 29.3 Å². The van der Waals surface area contributed by atoms with Gasteiger partial charge in [-0.1, -0.05) is 0 Å². The van der Waals surface area contributed by atoms with E-state index in [9.17, 15) is 18.0 Å². The first-order valence-electron chi connectivity index (χ1n) is 7.01. The van der Waals surface area contributed by atoms with E-state index < -0.39 is 28.2 Å². The highest BCUT2D eigenvalue weighted by molar-refractivity contribution is 7.87. The molecule has 1 aliphatic heterocycles. The maximum atomic E-state index is 12.1. The highest BCUT2D eigenvalue weighted by Crippen LogP contribution is 2.21. The molecule has 1 unspecified atom stereocenters. The summed E-state index contributed by atoms with van der Waals surface area (Å²) in [5.41, 5.74) is 0. The van der Waals surface area contributed by atoms with Gasteiger partial charge in [-0.2, -0.15) is 12.7 Å². The fourth-order valence-electron chi connectivity index (χ4n) is 2.10. The summed E-state index contributed by atoms with van der Waals surface area (Å²) in [6, 6.07) is -0.787. The van der Waals surface area contributed by atoms with Crippen LogP contribution in [0.25, 0.3) is 0 Å². The molecule has 0 aromatic rings. The number of esters is 2. The Balaban J connectivity index is 2.56. The molecule has 0 aromatic carbocycles. The van der Waals surface area contributed by atoms with E-state index in [1.807, 2.05) is 0 Å². The van der Waals surface area contributed by atoms with E-state index in [-0.39, 0.29) is 32.7 Å². The van der Waals surface area contributed by atoms with Gasteiger partial charge in [-0.3, -0.25) is 9.59 Å². The topological polar surface area (TPSA) is 102 Å². The van der Waals surface area contributed by atoms with Crippen molar-refractivity contribution in [3.8, 4) is 0 Å². The molecule has 1 N–H and O–H groups in total. The molecule has 0 bridgehead atoms. The third-order valence-electron chi connectivity index (χ3n) is 2.99. The van der Waals surface area contributed by atoms with E-state index in [1.165, 1.54) is 0 Å². The summed E-state index contributed by atoms with van der Waals surface area (Å²) in [6.45, 7) is 4.01. The Morgan fingerprint density at radius 2 is 1.90 bits per heavy atom. The van der Waals surface area contributed by atoms with Crippen molar-refractivity contribution in [3.63, 3.8) is 0 Å². The monoisotopic (exact) mass is 322 g/mol. The van der Waals surface area contributed by atoms with Crippen LogP contribution in [0.5, 0.6) is 0 Å². The largest absolute Gasteiger partial charge is 0.466 e. The molecule has 0 radical (unpaired) electrons. The van der Waals surface area contributed by atoms with E-state index in [0.717, 1.165) is 4.31 Å². The van der Waals surface area contributed by atoms with Crippen molar-refractivity contribution >= 4 is 22.1 Å². The lowest BCUT2D eigenvalue weighted by Gasteiger charge is -2.22. The van der Waals surface area contributed by atoms with Gasteiger partial charge in [0.1, 0.15) is 6.04 Å². The van der Waals surface area contributed by atoms with Crippen LogP contribution in [0.1, 0.15) is 33.1 Å². The van der Waals surface area contributed by atoms with E-state index in [2.05, 4.69) is 4.72 Å². The lowest BCUT2D eigenvalue weighted by atomic mass is 10.2. The number of nitrogens with one attached hydrogen (secondary N) is 1. The predicted molar refractivity (Wildman–Crippen MR) is 74.5 cm³/mol. The lowest BCUT2D eigenvalue weighted by Crippen LogP contribution is -2.47. The number of carbonyl (C=O) groups excluding carboxylic acids is 2. The quantitative estimate of drug-likeness (QED) is 0.621. The lowest BCUT2D eigenvalue weighted by molar-refractivity contribution is -0.147. The zero-order valence-corrected chi connectivity index (χ0v) is 13.1. The number of carbonyl (C=O) groups is 2. The van der Waals surface area contributed by atoms with Gasteiger partial charge in [-0.25, -0.2) is 4.72 Å². The fourth-order valence-corrected chi connectivity index (χ4v) is 3.52.